The van der Waals surface area contributed by atoms with Crippen molar-refractivity contribution in [3.05, 3.63) is 29.7 Å². The Bertz CT molecular complexity index is 1290. The zero-order chi connectivity index (χ0) is 26.5. The number of hydrogen-bond donors (Lipinski definition) is 1. The van der Waals surface area contributed by atoms with Crippen molar-refractivity contribution in [2.45, 2.75) is 107 Å². The fraction of sp³-hybridized carbons (Fsp3) is 0.615. The second kappa shape index (κ2) is 9.41. The van der Waals surface area contributed by atoms with Crippen molar-refractivity contribution in [2.75, 3.05) is 5.32 Å². The molecule has 1 N–H and O–H groups in total. The number of carbonyl (C=O) groups is 1. The van der Waals surface area contributed by atoms with E-state index in [-0.39, 0.29) is 34.6 Å². The number of sulfone groups is 1. The Morgan fingerprint density at radius 3 is 2.32 bits per heavy atom. The van der Waals surface area contributed by atoms with Crippen molar-refractivity contribution in [3.63, 3.8) is 0 Å². The van der Waals surface area contributed by atoms with E-state index in [0.717, 1.165) is 31.2 Å². The largest absolute Gasteiger partial charge is 0.474 e. The molecule has 11 heteroatoms. The van der Waals surface area contributed by atoms with Gasteiger partial charge in [0, 0.05) is 24.9 Å². The SMILES string of the molecule is Cc1nc(S(=O)(=O)C2CC2)ccc1Nc1ncnc(O[C@H]2CC3CC[C@@H](C2)N3C(=O)OC(C)(C)C)c1C. The van der Waals surface area contributed by atoms with Crippen molar-refractivity contribution in [1.29, 1.82) is 0 Å². The van der Waals surface area contributed by atoms with Crippen LogP contribution in [0.5, 0.6) is 5.88 Å². The Kier molecular flexibility index (Phi) is 6.54. The highest BCUT2D eigenvalue weighted by Gasteiger charge is 2.46. The second-order valence-electron chi connectivity index (χ2n) is 11.3. The predicted molar refractivity (Wildman–Crippen MR) is 138 cm³/mol. The fourth-order valence-corrected chi connectivity index (χ4v) is 6.80. The molecule has 2 bridgehead atoms. The predicted octanol–water partition coefficient (Wildman–Crippen LogP) is 4.48. The average molecular weight is 530 g/mol. The van der Waals surface area contributed by atoms with Crippen LogP contribution < -0.4 is 10.1 Å². The van der Waals surface area contributed by atoms with Crippen LogP contribution in [0.3, 0.4) is 0 Å². The van der Waals surface area contributed by atoms with Crippen LogP contribution in [0.1, 0.15) is 70.6 Å². The van der Waals surface area contributed by atoms with Gasteiger partial charge in [0.1, 0.15) is 23.9 Å². The molecule has 3 aliphatic rings. The molecule has 1 amide bonds. The van der Waals surface area contributed by atoms with Gasteiger partial charge in [0.25, 0.3) is 0 Å². The number of amides is 1. The third-order valence-electron chi connectivity index (χ3n) is 7.18. The molecule has 2 aliphatic heterocycles. The van der Waals surface area contributed by atoms with Crippen molar-refractivity contribution < 1.29 is 22.7 Å². The van der Waals surface area contributed by atoms with E-state index in [1.54, 1.807) is 19.1 Å². The van der Waals surface area contributed by atoms with Gasteiger partial charge in [-0.05, 0) is 72.4 Å². The zero-order valence-corrected chi connectivity index (χ0v) is 22.8. The van der Waals surface area contributed by atoms with Crippen LogP contribution in [0.2, 0.25) is 0 Å². The van der Waals surface area contributed by atoms with Crippen molar-refractivity contribution in [2.24, 2.45) is 0 Å². The molecule has 0 spiro atoms. The summed E-state index contributed by atoms with van der Waals surface area (Å²) in [4.78, 5) is 27.7. The standard InChI is InChI=1S/C26H35N5O5S/c1-15-23(30-21-10-11-22(29-16(21)2)37(33,34)20-8-9-20)27-14-28-24(15)35-19-12-17-6-7-18(13-19)31(17)25(32)36-26(3,4)5/h10-11,14,17-20H,6-9,12-13H2,1-5H3,(H,27,28,30)/t17-,18?,19+/m0/s1. The number of carbonyl (C=O) groups excluding carboxylic acids is 1. The van der Waals surface area contributed by atoms with Gasteiger partial charge in [0.2, 0.25) is 5.88 Å². The van der Waals surface area contributed by atoms with E-state index in [9.17, 15) is 13.2 Å². The minimum Gasteiger partial charge on any atom is -0.474 e. The van der Waals surface area contributed by atoms with Crippen LogP contribution >= 0.6 is 0 Å². The fourth-order valence-electron chi connectivity index (χ4n) is 5.18. The monoisotopic (exact) mass is 529 g/mol. The van der Waals surface area contributed by atoms with Gasteiger partial charge in [-0.3, -0.25) is 0 Å². The molecule has 2 aromatic rings. The highest BCUT2D eigenvalue weighted by Crippen LogP contribution is 2.39. The van der Waals surface area contributed by atoms with E-state index in [1.807, 2.05) is 32.6 Å². The van der Waals surface area contributed by atoms with Crippen molar-refractivity contribution >= 4 is 27.4 Å². The van der Waals surface area contributed by atoms with Gasteiger partial charge >= 0.3 is 6.09 Å². The molecule has 2 aromatic heterocycles. The van der Waals surface area contributed by atoms with Crippen molar-refractivity contribution in [3.8, 4) is 5.88 Å². The maximum Gasteiger partial charge on any atom is 0.410 e. The van der Waals surface area contributed by atoms with Crippen LogP contribution in [0.15, 0.2) is 23.5 Å². The van der Waals surface area contributed by atoms with Crippen LogP contribution in [0.25, 0.3) is 0 Å². The number of piperidine rings is 1. The summed E-state index contributed by atoms with van der Waals surface area (Å²) in [7, 11) is -3.35. The van der Waals surface area contributed by atoms with Crippen LogP contribution in [-0.4, -0.2) is 63.4 Å². The van der Waals surface area contributed by atoms with E-state index < -0.39 is 15.4 Å². The van der Waals surface area contributed by atoms with E-state index in [2.05, 4.69) is 20.3 Å². The molecule has 0 radical (unpaired) electrons. The molecule has 4 heterocycles. The number of ether oxygens (including phenoxy) is 2. The number of hydrogen-bond acceptors (Lipinski definition) is 9. The smallest absolute Gasteiger partial charge is 0.410 e. The molecule has 3 fully saturated rings. The van der Waals surface area contributed by atoms with Crippen LogP contribution in [-0.2, 0) is 14.6 Å². The van der Waals surface area contributed by atoms with Crippen LogP contribution in [0, 0.1) is 13.8 Å². The zero-order valence-electron chi connectivity index (χ0n) is 22.0. The van der Waals surface area contributed by atoms with Crippen molar-refractivity contribution in [1.82, 2.24) is 19.9 Å². The molecule has 37 heavy (non-hydrogen) atoms. The number of aryl methyl sites for hydroxylation is 1. The summed E-state index contributed by atoms with van der Waals surface area (Å²) in [6.07, 6.45) is 5.88. The molecule has 0 aromatic carbocycles. The quantitative estimate of drug-likeness (QED) is 0.577. The summed E-state index contributed by atoms with van der Waals surface area (Å²) in [5, 5.41) is 3.08. The Morgan fingerprint density at radius 1 is 1.05 bits per heavy atom. The molecular weight excluding hydrogens is 494 g/mol. The van der Waals surface area contributed by atoms with Gasteiger partial charge in [0.05, 0.1) is 22.2 Å². The number of aromatic nitrogens is 3. The van der Waals surface area contributed by atoms with Gasteiger partial charge in [-0.2, -0.15) is 0 Å². The molecule has 200 valence electrons. The Morgan fingerprint density at radius 2 is 1.73 bits per heavy atom. The summed E-state index contributed by atoms with van der Waals surface area (Å²) in [5.74, 6) is 1.06. The number of anilines is 2. The Balaban J connectivity index is 1.27. The summed E-state index contributed by atoms with van der Waals surface area (Å²) < 4.78 is 37.0. The molecule has 1 saturated carbocycles. The van der Waals surface area contributed by atoms with Gasteiger partial charge in [-0.25, -0.2) is 28.2 Å². The van der Waals surface area contributed by atoms with Crippen LogP contribution in [0.4, 0.5) is 16.3 Å². The van der Waals surface area contributed by atoms with Gasteiger partial charge < -0.3 is 19.7 Å². The van der Waals surface area contributed by atoms with Gasteiger partial charge in [-0.1, -0.05) is 0 Å². The van der Waals surface area contributed by atoms with E-state index in [0.29, 0.717) is 35.9 Å². The first-order valence-corrected chi connectivity index (χ1v) is 14.4. The molecular formula is C26H35N5O5S. The molecule has 3 atom stereocenters. The topological polar surface area (TPSA) is 124 Å². The minimum absolute atomic E-state index is 0.0621. The van der Waals surface area contributed by atoms with E-state index in [1.165, 1.54) is 6.33 Å². The minimum atomic E-state index is -3.35. The molecule has 1 unspecified atom stereocenters. The number of fused-ring (bicyclic) bond motifs is 2. The summed E-state index contributed by atoms with van der Waals surface area (Å²) in [6, 6.07) is 3.46. The Hall–Kier alpha value is -2.95. The Labute approximate surface area is 218 Å². The lowest BCUT2D eigenvalue weighted by Gasteiger charge is -2.39. The lowest BCUT2D eigenvalue weighted by molar-refractivity contribution is -0.00770. The lowest BCUT2D eigenvalue weighted by Crippen LogP contribution is -2.50. The molecule has 10 nitrogen and oxygen atoms in total. The highest BCUT2D eigenvalue weighted by atomic mass is 32.2. The molecule has 2 saturated heterocycles. The normalized spacial score (nSPS) is 23.6. The first kappa shape index (κ1) is 25.7. The van der Waals surface area contributed by atoms with Gasteiger partial charge in [0.15, 0.2) is 14.9 Å². The summed E-state index contributed by atoms with van der Waals surface area (Å²) >= 11 is 0. The number of pyridine rings is 1. The maximum atomic E-state index is 12.7. The molecule has 1 aliphatic carbocycles. The molecule has 5 rings (SSSR count). The highest BCUT2D eigenvalue weighted by molar-refractivity contribution is 7.92. The first-order valence-electron chi connectivity index (χ1n) is 12.9. The summed E-state index contributed by atoms with van der Waals surface area (Å²) in [6.45, 7) is 9.31. The lowest BCUT2D eigenvalue weighted by atomic mass is 10.00. The average Bonchev–Trinajstić information content (AvgIpc) is 3.62. The summed E-state index contributed by atoms with van der Waals surface area (Å²) in [5.41, 5.74) is 1.48. The third-order valence-corrected chi connectivity index (χ3v) is 9.34. The maximum absolute atomic E-state index is 12.7. The van der Waals surface area contributed by atoms with Gasteiger partial charge in [-0.15, -0.1) is 0 Å². The third kappa shape index (κ3) is 5.37. The number of nitrogens with one attached hydrogen (secondary N) is 1. The number of nitrogens with zero attached hydrogens (tertiary/aromatic N) is 4. The number of rotatable bonds is 6. The second-order valence-corrected chi connectivity index (χ2v) is 13.5. The van der Waals surface area contributed by atoms with E-state index >= 15 is 0 Å². The van der Waals surface area contributed by atoms with E-state index in [4.69, 9.17) is 9.47 Å². The first-order chi connectivity index (χ1) is 17.4.